The highest BCUT2D eigenvalue weighted by atomic mass is 32.2. The van der Waals surface area contributed by atoms with Crippen molar-refractivity contribution in [3.05, 3.63) is 47.9 Å². The molecule has 46 heavy (non-hydrogen) atoms. The van der Waals surface area contributed by atoms with Crippen LogP contribution in [0.1, 0.15) is 67.8 Å². The number of pyridine rings is 2. The Kier molecular flexibility index (Phi) is 17.3. The number of carbonyl (C=O) groups excluding carboxylic acids is 5. The van der Waals surface area contributed by atoms with Crippen LogP contribution >= 0.6 is 23.5 Å². The van der Waals surface area contributed by atoms with E-state index in [1.54, 1.807) is 36.8 Å². The highest BCUT2D eigenvalue weighted by Gasteiger charge is 2.35. The zero-order chi connectivity index (χ0) is 34.1. The average Bonchev–Trinajstić information content (AvgIpc) is 3.06. The van der Waals surface area contributed by atoms with E-state index in [1.165, 1.54) is 12.4 Å². The third-order valence-corrected chi connectivity index (χ3v) is 8.19. The minimum absolute atomic E-state index is 0.00263. The van der Waals surface area contributed by atoms with E-state index in [2.05, 4.69) is 15.3 Å². The van der Waals surface area contributed by atoms with Gasteiger partial charge in [0.15, 0.2) is 16.0 Å². The smallest absolute Gasteiger partial charge is 0.270 e. The Bertz CT molecular complexity index is 1280. The molecule has 2 aromatic heterocycles. The van der Waals surface area contributed by atoms with Gasteiger partial charge in [0.25, 0.3) is 5.91 Å². The number of nitrogens with one attached hydrogen (secondary N) is 1. The van der Waals surface area contributed by atoms with Gasteiger partial charge in [0.05, 0.1) is 45.3 Å². The molecule has 2 rings (SSSR count). The zero-order valence-corrected chi connectivity index (χ0v) is 29.1. The second kappa shape index (κ2) is 20.3. The van der Waals surface area contributed by atoms with E-state index in [1.807, 2.05) is 27.7 Å². The van der Waals surface area contributed by atoms with Crippen LogP contribution in [0.15, 0.2) is 36.7 Å². The Morgan fingerprint density at radius 2 is 1.30 bits per heavy atom. The predicted octanol–water partition coefficient (Wildman–Crippen LogP) is 4.68. The maximum Gasteiger partial charge on any atom is 0.270 e. The van der Waals surface area contributed by atoms with Crippen LogP contribution in [-0.2, 0) is 28.6 Å². The summed E-state index contributed by atoms with van der Waals surface area (Å²) in [5, 5.41) is 2.88. The van der Waals surface area contributed by atoms with E-state index >= 15 is 0 Å². The first-order valence-electron chi connectivity index (χ1n) is 15.1. The summed E-state index contributed by atoms with van der Waals surface area (Å²) in [6.45, 7) is 7.50. The molecule has 0 bridgehead atoms. The molecule has 13 heteroatoms. The van der Waals surface area contributed by atoms with Gasteiger partial charge in [0, 0.05) is 54.6 Å². The molecule has 0 radical (unpaired) electrons. The number of thioether (sulfide) groups is 2. The molecule has 0 fully saturated rings. The molecule has 0 aliphatic rings. The van der Waals surface area contributed by atoms with Gasteiger partial charge in [-0.2, -0.15) is 0 Å². The average molecular weight is 676 g/mol. The van der Waals surface area contributed by atoms with Crippen molar-refractivity contribution in [2.45, 2.75) is 52.5 Å². The summed E-state index contributed by atoms with van der Waals surface area (Å²) >= 11 is 2.21. The van der Waals surface area contributed by atoms with Gasteiger partial charge in [-0.05, 0) is 36.8 Å². The number of hydrogen-bond donors (Lipinski definition) is 1. The Hall–Kier alpha value is -2.97. The highest BCUT2D eigenvalue weighted by Crippen LogP contribution is 2.19. The molecule has 0 aromatic carbocycles. The summed E-state index contributed by atoms with van der Waals surface area (Å²) < 4.78 is 17.6. The van der Waals surface area contributed by atoms with E-state index in [9.17, 15) is 24.0 Å². The van der Waals surface area contributed by atoms with Crippen LogP contribution in [0, 0.1) is 11.8 Å². The largest absolute Gasteiger partial charge is 0.378 e. The number of carbonyl (C=O) groups is 5. The Labute approximate surface area is 279 Å². The first-order valence-corrected chi connectivity index (χ1v) is 17.5. The number of ether oxygens (including phenoxy) is 3. The Balaban J connectivity index is 2.25. The molecule has 11 nitrogen and oxygen atoms in total. The first kappa shape index (κ1) is 39.2. The number of nitrogens with zero attached hydrogens (tertiary/aromatic N) is 2. The van der Waals surface area contributed by atoms with Crippen LogP contribution in [0.25, 0.3) is 11.3 Å². The van der Waals surface area contributed by atoms with Crippen molar-refractivity contribution in [1.29, 1.82) is 0 Å². The summed E-state index contributed by atoms with van der Waals surface area (Å²) in [7, 11) is 0. The van der Waals surface area contributed by atoms with Crippen LogP contribution in [0.5, 0.6) is 0 Å². The van der Waals surface area contributed by atoms with Gasteiger partial charge in [0.2, 0.25) is 0 Å². The summed E-state index contributed by atoms with van der Waals surface area (Å²) in [6.07, 6.45) is 7.01. The molecule has 2 aromatic rings. The first-order chi connectivity index (χ1) is 21.9. The van der Waals surface area contributed by atoms with Gasteiger partial charge in [0.1, 0.15) is 17.0 Å². The van der Waals surface area contributed by atoms with Gasteiger partial charge in [-0.3, -0.25) is 33.9 Å². The van der Waals surface area contributed by atoms with Crippen molar-refractivity contribution in [1.82, 2.24) is 15.3 Å². The molecule has 0 spiro atoms. The quantitative estimate of drug-likeness (QED) is 0.145. The van der Waals surface area contributed by atoms with Crippen molar-refractivity contribution in [2.24, 2.45) is 11.8 Å². The number of ketones is 2. The number of aromatic nitrogens is 2. The van der Waals surface area contributed by atoms with Crippen molar-refractivity contribution in [3.8, 4) is 11.3 Å². The van der Waals surface area contributed by atoms with Crippen molar-refractivity contribution in [3.63, 3.8) is 0 Å². The molecular weight excluding hydrogens is 631 g/mol. The highest BCUT2D eigenvalue weighted by molar-refractivity contribution is 8.13. The van der Waals surface area contributed by atoms with Crippen LogP contribution in [0.4, 0.5) is 0 Å². The molecule has 1 N–H and O–H groups in total. The molecule has 0 aliphatic heterocycles. The fourth-order valence-corrected chi connectivity index (χ4v) is 4.62. The second-order valence-corrected chi connectivity index (χ2v) is 13.0. The normalized spacial score (nSPS) is 11.6. The van der Waals surface area contributed by atoms with E-state index in [-0.39, 0.29) is 98.2 Å². The lowest BCUT2D eigenvalue weighted by atomic mass is 10.0. The third-order valence-electron chi connectivity index (χ3n) is 6.87. The number of hydrogen-bond acceptors (Lipinski definition) is 12. The number of Topliss-reactive ketones (excluding diaryl/α,β-unsaturated/α-hetero) is 2. The minimum Gasteiger partial charge on any atom is -0.378 e. The summed E-state index contributed by atoms with van der Waals surface area (Å²) in [4.78, 5) is 70.3. The lowest BCUT2D eigenvalue weighted by Gasteiger charge is -2.34. The maximum absolute atomic E-state index is 13.5. The lowest BCUT2D eigenvalue weighted by molar-refractivity contribution is -0.123. The molecule has 0 aliphatic carbocycles. The summed E-state index contributed by atoms with van der Waals surface area (Å²) in [5.74, 6) is -0.742. The van der Waals surface area contributed by atoms with Crippen LogP contribution < -0.4 is 5.32 Å². The number of amides is 1. The fourth-order valence-electron chi connectivity index (χ4n) is 4.04. The topological polar surface area (TPSA) is 151 Å². The SMILES string of the molecule is CSC(=O)CCOCC(COCCC(=O)SC)(COCCC(=O)C(C)C)NC(=O)c1ccc(-c2ccc(C(=O)C(C)C)cn2)cn1. The van der Waals surface area contributed by atoms with Crippen LogP contribution in [0.3, 0.4) is 0 Å². The second-order valence-electron chi connectivity index (χ2n) is 11.3. The van der Waals surface area contributed by atoms with Gasteiger partial charge in [-0.1, -0.05) is 51.2 Å². The van der Waals surface area contributed by atoms with Gasteiger partial charge < -0.3 is 19.5 Å². The molecular formula is C33H45N3O8S2. The molecule has 0 saturated carbocycles. The van der Waals surface area contributed by atoms with E-state index < -0.39 is 11.4 Å². The monoisotopic (exact) mass is 675 g/mol. The van der Waals surface area contributed by atoms with E-state index in [0.29, 0.717) is 16.8 Å². The summed E-state index contributed by atoms with van der Waals surface area (Å²) in [5.41, 5.74) is 0.677. The van der Waals surface area contributed by atoms with Crippen molar-refractivity contribution >= 4 is 51.2 Å². The molecule has 252 valence electrons. The standard InChI is InChI=1S/C33H45N3O8S2/c1-22(2)28(37)11-14-42-19-33(20-43-15-12-29(38)45-5,21-44-16-13-30(39)46-6)36-32(41)27-10-7-24(17-35-27)26-9-8-25(18-34-26)31(40)23(3)4/h7-10,17-18,22-23H,11-16,19-21H2,1-6H3,(H,36,41). The zero-order valence-electron chi connectivity index (χ0n) is 27.5. The molecule has 0 saturated heterocycles. The Morgan fingerprint density at radius 1 is 0.739 bits per heavy atom. The van der Waals surface area contributed by atoms with Crippen molar-refractivity contribution in [2.75, 3.05) is 52.2 Å². The van der Waals surface area contributed by atoms with Gasteiger partial charge in [-0.15, -0.1) is 0 Å². The molecule has 0 unspecified atom stereocenters. The summed E-state index contributed by atoms with van der Waals surface area (Å²) in [6, 6.07) is 6.71. The predicted molar refractivity (Wildman–Crippen MR) is 180 cm³/mol. The Morgan fingerprint density at radius 3 is 1.74 bits per heavy atom. The van der Waals surface area contributed by atoms with E-state index in [0.717, 1.165) is 23.5 Å². The molecule has 2 heterocycles. The minimum atomic E-state index is -1.22. The van der Waals surface area contributed by atoms with E-state index in [4.69, 9.17) is 14.2 Å². The van der Waals surface area contributed by atoms with Crippen LogP contribution in [-0.4, -0.2) is 95.4 Å². The lowest BCUT2D eigenvalue weighted by Crippen LogP contribution is -2.59. The van der Waals surface area contributed by atoms with Crippen LogP contribution in [0.2, 0.25) is 0 Å². The third kappa shape index (κ3) is 13.4. The molecule has 1 amide bonds. The van der Waals surface area contributed by atoms with Crippen molar-refractivity contribution < 1.29 is 38.2 Å². The molecule has 0 atom stereocenters. The van der Waals surface area contributed by atoms with Gasteiger partial charge >= 0.3 is 0 Å². The van der Waals surface area contributed by atoms with Gasteiger partial charge in [-0.25, -0.2) is 0 Å². The fraction of sp³-hybridized carbons (Fsp3) is 0.545. The number of rotatable bonds is 21. The maximum atomic E-state index is 13.5.